The van der Waals surface area contributed by atoms with Gasteiger partial charge in [-0.15, -0.1) is 0 Å². The van der Waals surface area contributed by atoms with Crippen molar-refractivity contribution in [3.8, 4) is 0 Å². The molecule has 1 amide bonds. The van der Waals surface area contributed by atoms with Gasteiger partial charge in [0.25, 0.3) is 11.6 Å². The zero-order valence-corrected chi connectivity index (χ0v) is 14.7. The Kier molecular flexibility index (Phi) is 4.99. The number of nitro benzene ring substituents is 1. The first-order valence-electron chi connectivity index (χ1n) is 8.38. The Morgan fingerprint density at radius 1 is 1.19 bits per heavy atom. The van der Waals surface area contributed by atoms with Crippen LogP contribution in [0, 0.1) is 22.9 Å². The molecule has 136 valence electrons. The summed E-state index contributed by atoms with van der Waals surface area (Å²) in [5.74, 6) is -1.27. The lowest BCUT2D eigenvalue weighted by atomic mass is 10.00. The van der Waals surface area contributed by atoms with E-state index in [4.69, 9.17) is 0 Å². The molecule has 0 aliphatic carbocycles. The van der Waals surface area contributed by atoms with Crippen LogP contribution in [0.3, 0.4) is 0 Å². The van der Waals surface area contributed by atoms with Gasteiger partial charge in [0.15, 0.2) is 0 Å². The molecule has 2 aromatic rings. The summed E-state index contributed by atoms with van der Waals surface area (Å²) in [6.07, 6.45) is 0. The first kappa shape index (κ1) is 18.0. The third-order valence-corrected chi connectivity index (χ3v) is 4.81. The van der Waals surface area contributed by atoms with Crippen LogP contribution < -0.4 is 0 Å². The third-order valence-electron chi connectivity index (χ3n) is 4.81. The number of nitro groups is 1. The van der Waals surface area contributed by atoms with Crippen LogP contribution in [0.15, 0.2) is 42.5 Å². The number of amides is 1. The molecule has 0 N–H and O–H groups in total. The molecule has 0 aromatic heterocycles. The summed E-state index contributed by atoms with van der Waals surface area (Å²) < 4.78 is 14.7. The second-order valence-corrected chi connectivity index (χ2v) is 6.52. The minimum absolute atomic E-state index is 0.119. The summed E-state index contributed by atoms with van der Waals surface area (Å²) in [5, 5.41) is 11.0. The van der Waals surface area contributed by atoms with Gasteiger partial charge in [0.1, 0.15) is 5.82 Å². The fourth-order valence-electron chi connectivity index (χ4n) is 3.32. The Balaban J connectivity index is 1.97. The molecule has 0 bridgehead atoms. The van der Waals surface area contributed by atoms with Gasteiger partial charge in [-0.05, 0) is 25.6 Å². The molecule has 1 unspecified atom stereocenters. The molecule has 6 nitrogen and oxygen atoms in total. The summed E-state index contributed by atoms with van der Waals surface area (Å²) in [5.41, 5.74) is 0.410. The normalized spacial score (nSPS) is 18.0. The van der Waals surface area contributed by atoms with Crippen LogP contribution in [-0.2, 0) is 0 Å². The molecule has 26 heavy (non-hydrogen) atoms. The largest absolute Gasteiger partial charge is 0.329 e. The smallest absolute Gasteiger partial charge is 0.275 e. The highest BCUT2D eigenvalue weighted by atomic mass is 19.1. The number of benzene rings is 2. The predicted octanol–water partition coefficient (Wildman–Crippen LogP) is 3.17. The van der Waals surface area contributed by atoms with E-state index < -0.39 is 16.6 Å². The maximum absolute atomic E-state index is 14.7. The van der Waals surface area contributed by atoms with Crippen LogP contribution in [0.1, 0.15) is 27.5 Å². The lowest BCUT2D eigenvalue weighted by Crippen LogP contribution is -2.49. The minimum atomic E-state index is -0.824. The highest BCUT2D eigenvalue weighted by Crippen LogP contribution is 2.29. The van der Waals surface area contributed by atoms with E-state index in [1.54, 1.807) is 4.90 Å². The Hall–Kier alpha value is -2.80. The second-order valence-electron chi connectivity index (χ2n) is 6.52. The quantitative estimate of drug-likeness (QED) is 0.625. The zero-order valence-electron chi connectivity index (χ0n) is 14.7. The van der Waals surface area contributed by atoms with Gasteiger partial charge in [0.2, 0.25) is 0 Å². The molecule has 1 atom stereocenters. The molecule has 2 aromatic carbocycles. The average Bonchev–Trinajstić information content (AvgIpc) is 2.63. The van der Waals surface area contributed by atoms with Gasteiger partial charge in [0.05, 0.1) is 22.1 Å². The molecular formula is C19H20FN3O3. The van der Waals surface area contributed by atoms with E-state index in [1.165, 1.54) is 19.1 Å². The lowest BCUT2D eigenvalue weighted by molar-refractivity contribution is -0.385. The molecule has 1 fully saturated rings. The summed E-state index contributed by atoms with van der Waals surface area (Å²) >= 11 is 0. The molecular weight excluding hydrogens is 337 g/mol. The number of carbonyl (C=O) groups is 1. The highest BCUT2D eigenvalue weighted by molar-refractivity contribution is 5.95. The summed E-state index contributed by atoms with van der Waals surface area (Å²) in [6.45, 7) is 3.11. The Bertz CT molecular complexity index is 841. The van der Waals surface area contributed by atoms with E-state index in [0.717, 1.165) is 5.56 Å². The monoisotopic (exact) mass is 357 g/mol. The van der Waals surface area contributed by atoms with Crippen molar-refractivity contribution >= 4 is 11.6 Å². The van der Waals surface area contributed by atoms with Crippen LogP contribution in [0.4, 0.5) is 10.1 Å². The number of halogens is 1. The van der Waals surface area contributed by atoms with Crippen LogP contribution in [-0.4, -0.2) is 47.3 Å². The van der Waals surface area contributed by atoms with Gasteiger partial charge < -0.3 is 9.80 Å². The van der Waals surface area contributed by atoms with Gasteiger partial charge in [0, 0.05) is 25.7 Å². The molecule has 0 radical (unpaired) electrons. The number of piperazine rings is 1. The van der Waals surface area contributed by atoms with Crippen LogP contribution in [0.5, 0.6) is 0 Å². The fourth-order valence-corrected chi connectivity index (χ4v) is 3.32. The number of likely N-dealkylation sites (N-methyl/N-ethyl adjacent to an activating group) is 1. The number of hydrogen-bond donors (Lipinski definition) is 0. The van der Waals surface area contributed by atoms with Gasteiger partial charge in [-0.1, -0.05) is 30.3 Å². The van der Waals surface area contributed by atoms with Crippen molar-refractivity contribution in [3.05, 3.63) is 75.1 Å². The number of carbonyl (C=O) groups excluding carboxylic acids is 1. The van der Waals surface area contributed by atoms with Crippen molar-refractivity contribution in [2.45, 2.75) is 13.0 Å². The van der Waals surface area contributed by atoms with E-state index in [-0.39, 0.29) is 22.9 Å². The topological polar surface area (TPSA) is 66.7 Å². The third kappa shape index (κ3) is 3.30. The molecule has 1 heterocycles. The lowest BCUT2D eigenvalue weighted by Gasteiger charge is -2.40. The molecule has 1 saturated heterocycles. The van der Waals surface area contributed by atoms with Crippen molar-refractivity contribution in [2.24, 2.45) is 0 Å². The number of rotatable bonds is 3. The Morgan fingerprint density at radius 2 is 1.88 bits per heavy atom. The van der Waals surface area contributed by atoms with Crippen LogP contribution >= 0.6 is 0 Å². The zero-order chi connectivity index (χ0) is 18.8. The van der Waals surface area contributed by atoms with E-state index >= 15 is 0 Å². The number of hydrogen-bond acceptors (Lipinski definition) is 4. The fraction of sp³-hybridized carbons (Fsp3) is 0.316. The van der Waals surface area contributed by atoms with E-state index in [1.807, 2.05) is 37.4 Å². The van der Waals surface area contributed by atoms with E-state index in [0.29, 0.717) is 19.6 Å². The standard InChI is InChI=1S/C19H20FN3O3/c1-13-16(23(25)26)9-8-15(18(13)20)19(24)22-11-10-21(2)12-17(22)14-6-4-3-5-7-14/h3-9,17H,10-12H2,1-2H3. The van der Waals surface area contributed by atoms with Crippen LogP contribution in [0.2, 0.25) is 0 Å². The van der Waals surface area contributed by atoms with Gasteiger partial charge in [-0.2, -0.15) is 0 Å². The molecule has 0 saturated carbocycles. The van der Waals surface area contributed by atoms with Crippen molar-refractivity contribution in [3.63, 3.8) is 0 Å². The van der Waals surface area contributed by atoms with Crippen molar-refractivity contribution < 1.29 is 14.1 Å². The van der Waals surface area contributed by atoms with E-state index in [9.17, 15) is 19.3 Å². The Morgan fingerprint density at radius 3 is 2.54 bits per heavy atom. The minimum Gasteiger partial charge on any atom is -0.329 e. The molecule has 7 heteroatoms. The second kappa shape index (κ2) is 7.21. The number of nitrogens with zero attached hydrogens (tertiary/aromatic N) is 3. The first-order valence-corrected chi connectivity index (χ1v) is 8.38. The van der Waals surface area contributed by atoms with Crippen molar-refractivity contribution in [2.75, 3.05) is 26.7 Å². The summed E-state index contributed by atoms with van der Waals surface area (Å²) in [4.78, 5) is 27.1. The van der Waals surface area contributed by atoms with Gasteiger partial charge >= 0.3 is 0 Å². The summed E-state index contributed by atoms with van der Waals surface area (Å²) in [6, 6.07) is 11.8. The Labute approximate surface area is 151 Å². The molecule has 3 rings (SSSR count). The summed E-state index contributed by atoms with van der Waals surface area (Å²) in [7, 11) is 1.98. The maximum atomic E-state index is 14.7. The van der Waals surface area contributed by atoms with Crippen molar-refractivity contribution in [1.29, 1.82) is 0 Å². The highest BCUT2D eigenvalue weighted by Gasteiger charge is 2.33. The van der Waals surface area contributed by atoms with Crippen LogP contribution in [0.25, 0.3) is 0 Å². The van der Waals surface area contributed by atoms with Gasteiger partial charge in [-0.3, -0.25) is 14.9 Å². The maximum Gasteiger partial charge on any atom is 0.275 e. The molecule has 1 aliphatic heterocycles. The van der Waals surface area contributed by atoms with Crippen molar-refractivity contribution in [1.82, 2.24) is 9.80 Å². The molecule has 1 aliphatic rings. The average molecular weight is 357 g/mol. The van der Waals surface area contributed by atoms with E-state index in [2.05, 4.69) is 4.90 Å². The van der Waals surface area contributed by atoms with Gasteiger partial charge in [-0.25, -0.2) is 4.39 Å². The SMILES string of the molecule is Cc1c([N+](=O)[O-])ccc(C(=O)N2CCN(C)CC2c2ccccc2)c1F. The first-order chi connectivity index (χ1) is 12.4. The predicted molar refractivity (Wildman–Crippen MR) is 95.5 cm³/mol. The molecule has 0 spiro atoms.